The second-order valence-electron chi connectivity index (χ2n) is 5.52. The quantitative estimate of drug-likeness (QED) is 0.855. The van der Waals surface area contributed by atoms with E-state index in [0.29, 0.717) is 24.0 Å². The molecule has 1 aliphatic heterocycles. The molecule has 3 nitrogen and oxygen atoms in total. The first-order valence-corrected chi connectivity index (χ1v) is 7.46. The van der Waals surface area contributed by atoms with Gasteiger partial charge in [-0.15, -0.1) is 0 Å². The summed E-state index contributed by atoms with van der Waals surface area (Å²) in [5.74, 6) is 1.45. The summed E-state index contributed by atoms with van der Waals surface area (Å²) in [7, 11) is 0. The summed E-state index contributed by atoms with van der Waals surface area (Å²) in [6.07, 6.45) is 6.51. The monoisotopic (exact) mass is 281 g/mol. The SMILES string of the molecule is NC1(c2ccc(Cl)c3c2OCCCO3)CCCCC1. The van der Waals surface area contributed by atoms with Crippen LogP contribution >= 0.6 is 11.6 Å². The van der Waals surface area contributed by atoms with Crippen LogP contribution in [0.1, 0.15) is 44.1 Å². The second kappa shape index (κ2) is 5.22. The lowest BCUT2D eigenvalue weighted by Gasteiger charge is -2.35. The Balaban J connectivity index is 2.06. The molecule has 0 unspecified atom stereocenters. The molecule has 0 saturated heterocycles. The van der Waals surface area contributed by atoms with E-state index in [4.69, 9.17) is 26.8 Å². The maximum atomic E-state index is 6.63. The molecule has 1 aliphatic carbocycles. The van der Waals surface area contributed by atoms with Crippen LogP contribution in [0.15, 0.2) is 12.1 Å². The molecule has 2 aliphatic rings. The van der Waals surface area contributed by atoms with Gasteiger partial charge in [0.1, 0.15) is 0 Å². The second-order valence-corrected chi connectivity index (χ2v) is 5.93. The third-order valence-electron chi connectivity index (χ3n) is 4.13. The molecule has 0 spiro atoms. The van der Waals surface area contributed by atoms with Gasteiger partial charge in [0, 0.05) is 17.5 Å². The van der Waals surface area contributed by atoms with Gasteiger partial charge in [0.05, 0.1) is 18.2 Å². The average molecular weight is 282 g/mol. The van der Waals surface area contributed by atoms with E-state index in [9.17, 15) is 0 Å². The minimum atomic E-state index is -0.291. The van der Waals surface area contributed by atoms with Crippen molar-refractivity contribution in [1.82, 2.24) is 0 Å². The van der Waals surface area contributed by atoms with Crippen LogP contribution in [0.4, 0.5) is 0 Å². The zero-order valence-electron chi connectivity index (χ0n) is 11.1. The molecule has 104 valence electrons. The maximum absolute atomic E-state index is 6.63. The van der Waals surface area contributed by atoms with Crippen LogP contribution in [-0.4, -0.2) is 13.2 Å². The third kappa shape index (κ3) is 2.41. The summed E-state index contributed by atoms with van der Waals surface area (Å²) in [6.45, 7) is 1.31. The van der Waals surface area contributed by atoms with Crippen LogP contribution < -0.4 is 15.2 Å². The van der Waals surface area contributed by atoms with Crippen molar-refractivity contribution in [3.63, 3.8) is 0 Å². The largest absolute Gasteiger partial charge is 0.489 e. The molecule has 1 fully saturated rings. The van der Waals surface area contributed by atoms with Crippen LogP contribution in [0, 0.1) is 0 Å². The van der Waals surface area contributed by atoms with Gasteiger partial charge in [-0.25, -0.2) is 0 Å². The van der Waals surface area contributed by atoms with Gasteiger partial charge in [-0.05, 0) is 18.9 Å². The minimum Gasteiger partial charge on any atom is -0.489 e. The molecule has 1 heterocycles. The van der Waals surface area contributed by atoms with Gasteiger partial charge in [-0.2, -0.15) is 0 Å². The first-order valence-electron chi connectivity index (χ1n) is 7.08. The number of rotatable bonds is 1. The van der Waals surface area contributed by atoms with Crippen molar-refractivity contribution in [2.45, 2.75) is 44.1 Å². The first kappa shape index (κ1) is 13.1. The van der Waals surface area contributed by atoms with Crippen LogP contribution in [0.5, 0.6) is 11.5 Å². The normalized spacial score (nSPS) is 21.8. The Morgan fingerprint density at radius 1 is 0.947 bits per heavy atom. The molecule has 0 aromatic heterocycles. The number of nitrogens with two attached hydrogens (primary N) is 1. The van der Waals surface area contributed by atoms with Crippen molar-refractivity contribution in [2.24, 2.45) is 5.73 Å². The lowest BCUT2D eigenvalue weighted by Crippen LogP contribution is -2.39. The van der Waals surface area contributed by atoms with Gasteiger partial charge in [0.2, 0.25) is 0 Å². The van der Waals surface area contributed by atoms with Gasteiger partial charge in [0.15, 0.2) is 11.5 Å². The number of ether oxygens (including phenoxy) is 2. The van der Waals surface area contributed by atoms with E-state index < -0.39 is 0 Å². The van der Waals surface area contributed by atoms with Crippen molar-refractivity contribution in [1.29, 1.82) is 0 Å². The fourth-order valence-corrected chi connectivity index (χ4v) is 3.27. The number of hydrogen-bond donors (Lipinski definition) is 1. The molecular formula is C15H20ClNO2. The fourth-order valence-electron chi connectivity index (χ4n) is 3.07. The zero-order chi connectivity index (χ0) is 13.3. The van der Waals surface area contributed by atoms with E-state index in [1.165, 1.54) is 19.3 Å². The van der Waals surface area contributed by atoms with Gasteiger partial charge in [0.25, 0.3) is 0 Å². The number of halogens is 1. The van der Waals surface area contributed by atoms with Gasteiger partial charge < -0.3 is 15.2 Å². The Bertz CT molecular complexity index is 469. The molecule has 0 atom stereocenters. The molecule has 1 saturated carbocycles. The van der Waals surface area contributed by atoms with Crippen LogP contribution in [0.25, 0.3) is 0 Å². The molecule has 0 amide bonds. The van der Waals surface area contributed by atoms with Crippen LogP contribution in [0.2, 0.25) is 5.02 Å². The summed E-state index contributed by atoms with van der Waals surface area (Å²) < 4.78 is 11.6. The summed E-state index contributed by atoms with van der Waals surface area (Å²) in [4.78, 5) is 0. The smallest absolute Gasteiger partial charge is 0.180 e. The Labute approximate surface area is 119 Å². The molecule has 0 bridgehead atoms. The standard InChI is InChI=1S/C15H20ClNO2/c16-12-6-5-11(15(17)7-2-1-3-8-15)13-14(12)19-10-4-9-18-13/h5-6H,1-4,7-10,17H2. The highest BCUT2D eigenvalue weighted by Gasteiger charge is 2.34. The van der Waals surface area contributed by atoms with Crippen molar-refractivity contribution in [3.8, 4) is 11.5 Å². The molecule has 4 heteroatoms. The Morgan fingerprint density at radius 3 is 2.37 bits per heavy atom. The molecule has 2 N–H and O–H groups in total. The predicted octanol–water partition coefficient (Wildman–Crippen LogP) is 3.62. The summed E-state index contributed by atoms with van der Waals surface area (Å²) in [6, 6.07) is 3.90. The molecule has 0 radical (unpaired) electrons. The Morgan fingerprint density at radius 2 is 1.63 bits per heavy atom. The van der Waals surface area contributed by atoms with E-state index in [1.54, 1.807) is 0 Å². The van der Waals surface area contributed by atoms with E-state index >= 15 is 0 Å². The lowest BCUT2D eigenvalue weighted by molar-refractivity contribution is 0.272. The Kier molecular flexibility index (Phi) is 3.59. The maximum Gasteiger partial charge on any atom is 0.180 e. The Hall–Kier alpha value is -0.930. The zero-order valence-corrected chi connectivity index (χ0v) is 11.8. The number of hydrogen-bond acceptors (Lipinski definition) is 3. The molecule has 1 aromatic carbocycles. The third-order valence-corrected chi connectivity index (χ3v) is 4.43. The lowest BCUT2D eigenvalue weighted by atomic mass is 9.77. The first-order chi connectivity index (χ1) is 9.21. The average Bonchev–Trinajstić information content (AvgIpc) is 2.66. The van der Waals surface area contributed by atoms with Gasteiger partial charge in [-0.1, -0.05) is 36.9 Å². The minimum absolute atomic E-state index is 0.291. The number of fused-ring (bicyclic) bond motifs is 1. The fraction of sp³-hybridized carbons (Fsp3) is 0.600. The summed E-state index contributed by atoms with van der Waals surface area (Å²) in [5, 5.41) is 0.611. The van der Waals surface area contributed by atoms with E-state index in [-0.39, 0.29) is 5.54 Å². The topological polar surface area (TPSA) is 44.5 Å². The van der Waals surface area contributed by atoms with Crippen molar-refractivity contribution >= 4 is 11.6 Å². The highest BCUT2D eigenvalue weighted by atomic mass is 35.5. The van der Waals surface area contributed by atoms with E-state index in [0.717, 1.165) is 30.6 Å². The summed E-state index contributed by atoms with van der Waals surface area (Å²) >= 11 is 6.23. The van der Waals surface area contributed by atoms with Crippen molar-refractivity contribution < 1.29 is 9.47 Å². The van der Waals surface area contributed by atoms with Crippen molar-refractivity contribution in [2.75, 3.05) is 13.2 Å². The van der Waals surface area contributed by atoms with Gasteiger partial charge in [-0.3, -0.25) is 0 Å². The predicted molar refractivity (Wildman–Crippen MR) is 76.0 cm³/mol. The highest BCUT2D eigenvalue weighted by molar-refractivity contribution is 6.32. The van der Waals surface area contributed by atoms with Crippen molar-refractivity contribution in [3.05, 3.63) is 22.7 Å². The molecule has 19 heavy (non-hydrogen) atoms. The van der Waals surface area contributed by atoms with Crippen LogP contribution in [-0.2, 0) is 5.54 Å². The molecule has 1 aromatic rings. The van der Waals surface area contributed by atoms with E-state index in [1.807, 2.05) is 12.1 Å². The number of benzene rings is 1. The summed E-state index contributed by atoms with van der Waals surface area (Å²) in [5.41, 5.74) is 7.40. The molecular weight excluding hydrogens is 262 g/mol. The van der Waals surface area contributed by atoms with Gasteiger partial charge >= 0.3 is 0 Å². The van der Waals surface area contributed by atoms with E-state index in [2.05, 4.69) is 0 Å². The highest BCUT2D eigenvalue weighted by Crippen LogP contribution is 2.46. The molecule has 3 rings (SSSR count). The van der Waals surface area contributed by atoms with Crippen LogP contribution in [0.3, 0.4) is 0 Å².